The maximum atomic E-state index is 12.5. The lowest BCUT2D eigenvalue weighted by Crippen LogP contribution is -2.47. The first kappa shape index (κ1) is 15.7. The average molecular weight is 379 g/mol. The van der Waals surface area contributed by atoms with Gasteiger partial charge in [0.2, 0.25) is 0 Å². The van der Waals surface area contributed by atoms with Crippen LogP contribution in [0.3, 0.4) is 0 Å². The van der Waals surface area contributed by atoms with Gasteiger partial charge in [-0.05, 0) is 34.1 Å². The van der Waals surface area contributed by atoms with Crippen LogP contribution in [0.5, 0.6) is 0 Å². The van der Waals surface area contributed by atoms with Crippen LogP contribution in [-0.2, 0) is 4.79 Å². The van der Waals surface area contributed by atoms with Crippen molar-refractivity contribution in [3.05, 3.63) is 33.3 Å². The number of benzene rings is 1. The molecule has 0 bridgehead atoms. The number of halogens is 2. The molecule has 1 saturated heterocycles. The minimum absolute atomic E-state index is 0.0203. The normalized spacial score (nSPS) is 18.9. The summed E-state index contributed by atoms with van der Waals surface area (Å²) in [5.74, 6) is 0.463. The summed E-state index contributed by atoms with van der Waals surface area (Å²) in [6.07, 6.45) is -0.0203. The lowest BCUT2D eigenvalue weighted by molar-refractivity contribution is -0.138. The van der Waals surface area contributed by atoms with Crippen LogP contribution in [0.2, 0.25) is 5.02 Å². The standard InChI is InChI=1S/C13H13BrClNO3S/c14-10-5-8(1-2-11(10)15)13(19)16-3-4-20-7-9(16)6-12(17)18/h1-2,5,9H,3-4,6-7H2,(H,17,18). The Morgan fingerprint density at radius 1 is 1.50 bits per heavy atom. The number of carboxylic acids is 1. The topological polar surface area (TPSA) is 57.6 Å². The molecule has 20 heavy (non-hydrogen) atoms. The third-order valence-electron chi connectivity index (χ3n) is 3.07. The summed E-state index contributed by atoms with van der Waals surface area (Å²) in [6.45, 7) is 0.571. The van der Waals surface area contributed by atoms with E-state index in [2.05, 4.69) is 15.9 Å². The monoisotopic (exact) mass is 377 g/mol. The largest absolute Gasteiger partial charge is 0.481 e. The lowest BCUT2D eigenvalue weighted by atomic mass is 10.1. The molecule has 1 fully saturated rings. The van der Waals surface area contributed by atoms with Gasteiger partial charge in [-0.2, -0.15) is 11.8 Å². The van der Waals surface area contributed by atoms with Gasteiger partial charge < -0.3 is 10.0 Å². The maximum Gasteiger partial charge on any atom is 0.305 e. The predicted molar refractivity (Wildman–Crippen MR) is 83.6 cm³/mol. The summed E-state index contributed by atoms with van der Waals surface area (Å²) in [4.78, 5) is 25.1. The predicted octanol–water partition coefficient (Wildman–Crippen LogP) is 3.13. The molecule has 1 N–H and O–H groups in total. The average Bonchev–Trinajstić information content (AvgIpc) is 2.41. The van der Waals surface area contributed by atoms with E-state index in [-0.39, 0.29) is 18.4 Å². The van der Waals surface area contributed by atoms with Crippen LogP contribution in [0.4, 0.5) is 0 Å². The van der Waals surface area contributed by atoms with Crippen molar-refractivity contribution >= 4 is 51.2 Å². The highest BCUT2D eigenvalue weighted by Crippen LogP contribution is 2.26. The van der Waals surface area contributed by atoms with E-state index in [0.717, 1.165) is 5.75 Å². The number of nitrogens with zero attached hydrogens (tertiary/aromatic N) is 1. The van der Waals surface area contributed by atoms with Crippen molar-refractivity contribution in [1.82, 2.24) is 4.90 Å². The number of carbonyl (C=O) groups excluding carboxylic acids is 1. The van der Waals surface area contributed by atoms with Gasteiger partial charge in [-0.15, -0.1) is 0 Å². The minimum atomic E-state index is -0.882. The number of hydrogen-bond donors (Lipinski definition) is 1. The van der Waals surface area contributed by atoms with Crippen molar-refractivity contribution in [2.75, 3.05) is 18.1 Å². The third-order valence-corrected chi connectivity index (χ3v) is 5.37. The molecule has 1 aromatic rings. The summed E-state index contributed by atoms with van der Waals surface area (Å²) in [6, 6.07) is 4.73. The maximum absolute atomic E-state index is 12.5. The number of rotatable bonds is 3. The van der Waals surface area contributed by atoms with Crippen LogP contribution in [0, 0.1) is 0 Å². The number of carbonyl (C=O) groups is 2. The number of carboxylic acid groups (broad SMARTS) is 1. The highest BCUT2D eigenvalue weighted by molar-refractivity contribution is 9.10. The van der Waals surface area contributed by atoms with E-state index in [0.29, 0.717) is 27.4 Å². The smallest absolute Gasteiger partial charge is 0.305 e. The molecule has 7 heteroatoms. The molecule has 1 heterocycles. The highest BCUT2D eigenvalue weighted by atomic mass is 79.9. The van der Waals surface area contributed by atoms with Crippen molar-refractivity contribution in [3.63, 3.8) is 0 Å². The van der Waals surface area contributed by atoms with Crippen LogP contribution in [-0.4, -0.2) is 46.0 Å². The van der Waals surface area contributed by atoms with Crippen molar-refractivity contribution < 1.29 is 14.7 Å². The molecular formula is C13H13BrClNO3S. The van der Waals surface area contributed by atoms with Gasteiger partial charge in [-0.1, -0.05) is 11.6 Å². The molecule has 1 atom stereocenters. The van der Waals surface area contributed by atoms with Gasteiger partial charge in [0.15, 0.2) is 0 Å². The SMILES string of the molecule is O=C(O)CC1CSCCN1C(=O)c1ccc(Cl)c(Br)c1. The molecule has 108 valence electrons. The van der Waals surface area contributed by atoms with Crippen molar-refractivity contribution in [3.8, 4) is 0 Å². The second kappa shape index (κ2) is 6.83. The molecule has 0 radical (unpaired) electrons. The van der Waals surface area contributed by atoms with Crippen LogP contribution in [0.15, 0.2) is 22.7 Å². The Kier molecular flexibility index (Phi) is 5.35. The summed E-state index contributed by atoms with van der Waals surface area (Å²) < 4.78 is 0.659. The number of thioether (sulfide) groups is 1. The Balaban J connectivity index is 2.20. The molecule has 1 aromatic carbocycles. The molecule has 1 unspecified atom stereocenters. The fourth-order valence-corrected chi connectivity index (χ4v) is 3.65. The zero-order valence-electron chi connectivity index (χ0n) is 10.5. The first-order valence-electron chi connectivity index (χ1n) is 6.04. The van der Waals surface area contributed by atoms with E-state index < -0.39 is 5.97 Å². The van der Waals surface area contributed by atoms with Crippen LogP contribution < -0.4 is 0 Å². The van der Waals surface area contributed by atoms with E-state index in [1.54, 1.807) is 34.9 Å². The fraction of sp³-hybridized carbons (Fsp3) is 0.385. The van der Waals surface area contributed by atoms with Gasteiger partial charge in [-0.25, -0.2) is 0 Å². The Bertz CT molecular complexity index is 540. The van der Waals surface area contributed by atoms with E-state index >= 15 is 0 Å². The highest BCUT2D eigenvalue weighted by Gasteiger charge is 2.29. The van der Waals surface area contributed by atoms with Gasteiger partial charge in [0.05, 0.1) is 17.5 Å². The zero-order valence-corrected chi connectivity index (χ0v) is 13.7. The van der Waals surface area contributed by atoms with Crippen molar-refractivity contribution in [2.45, 2.75) is 12.5 Å². The third kappa shape index (κ3) is 3.68. The van der Waals surface area contributed by atoms with Crippen LogP contribution >= 0.6 is 39.3 Å². The van der Waals surface area contributed by atoms with Gasteiger partial charge in [0.25, 0.3) is 5.91 Å². The molecule has 1 aliphatic heterocycles. The number of aliphatic carboxylic acids is 1. The van der Waals surface area contributed by atoms with E-state index in [4.69, 9.17) is 16.7 Å². The number of hydrogen-bond acceptors (Lipinski definition) is 3. The summed E-state index contributed by atoms with van der Waals surface area (Å²) in [7, 11) is 0. The second-order valence-corrected chi connectivity index (χ2v) is 6.87. The molecule has 2 rings (SSSR count). The number of amides is 1. The molecule has 0 spiro atoms. The summed E-state index contributed by atoms with van der Waals surface area (Å²) >= 11 is 10.9. The van der Waals surface area contributed by atoms with Crippen molar-refractivity contribution in [2.24, 2.45) is 0 Å². The van der Waals surface area contributed by atoms with E-state index in [9.17, 15) is 9.59 Å². The molecular weight excluding hydrogens is 366 g/mol. The molecule has 0 aromatic heterocycles. The Morgan fingerprint density at radius 3 is 2.90 bits per heavy atom. The minimum Gasteiger partial charge on any atom is -0.481 e. The molecule has 1 aliphatic rings. The van der Waals surface area contributed by atoms with Gasteiger partial charge in [0, 0.05) is 28.1 Å². The van der Waals surface area contributed by atoms with Crippen LogP contribution in [0.25, 0.3) is 0 Å². The molecule has 0 saturated carbocycles. The fourth-order valence-electron chi connectivity index (χ4n) is 2.09. The summed E-state index contributed by atoms with van der Waals surface area (Å²) in [5, 5.41) is 9.48. The van der Waals surface area contributed by atoms with Crippen LogP contribution in [0.1, 0.15) is 16.8 Å². The van der Waals surface area contributed by atoms with E-state index in [1.165, 1.54) is 0 Å². The van der Waals surface area contributed by atoms with E-state index in [1.807, 2.05) is 0 Å². The first-order chi connectivity index (χ1) is 9.49. The summed E-state index contributed by atoms with van der Waals surface area (Å²) in [5.41, 5.74) is 0.517. The second-order valence-electron chi connectivity index (χ2n) is 4.45. The molecule has 0 aliphatic carbocycles. The van der Waals surface area contributed by atoms with Gasteiger partial charge in [-0.3, -0.25) is 9.59 Å². The zero-order chi connectivity index (χ0) is 14.7. The van der Waals surface area contributed by atoms with Crippen molar-refractivity contribution in [1.29, 1.82) is 0 Å². The van der Waals surface area contributed by atoms with Gasteiger partial charge >= 0.3 is 5.97 Å². The van der Waals surface area contributed by atoms with Gasteiger partial charge in [0.1, 0.15) is 0 Å². The molecule has 1 amide bonds. The Hall–Kier alpha value is -0.720. The Morgan fingerprint density at radius 2 is 2.25 bits per heavy atom. The first-order valence-corrected chi connectivity index (χ1v) is 8.37. The molecule has 4 nitrogen and oxygen atoms in total. The Labute approximate surface area is 134 Å². The quantitative estimate of drug-likeness (QED) is 0.878. The lowest BCUT2D eigenvalue weighted by Gasteiger charge is -2.34.